The van der Waals surface area contributed by atoms with E-state index in [1.807, 2.05) is 0 Å². The van der Waals surface area contributed by atoms with Crippen molar-refractivity contribution in [3.63, 3.8) is 0 Å². The van der Waals surface area contributed by atoms with Crippen LogP contribution in [0.2, 0.25) is 0 Å². The summed E-state index contributed by atoms with van der Waals surface area (Å²) in [6, 6.07) is -0.271. The molecule has 1 aliphatic rings. The number of carbonyl (C=O) groups excluding carboxylic acids is 1. The molecule has 0 aromatic carbocycles. The zero-order valence-electron chi connectivity index (χ0n) is 11.0. The Morgan fingerprint density at radius 2 is 2.22 bits per heavy atom. The minimum absolute atomic E-state index is 0.00218. The van der Waals surface area contributed by atoms with Crippen molar-refractivity contribution >= 4 is 12.1 Å². The molecule has 1 N–H and O–H groups in total. The minimum atomic E-state index is -0.888. The second kappa shape index (κ2) is 5.89. The van der Waals surface area contributed by atoms with Gasteiger partial charge in [0, 0.05) is 12.6 Å². The van der Waals surface area contributed by atoms with Crippen molar-refractivity contribution in [1.29, 1.82) is 0 Å². The predicted molar refractivity (Wildman–Crippen MR) is 67.3 cm³/mol. The van der Waals surface area contributed by atoms with Crippen LogP contribution >= 0.6 is 0 Å². The Morgan fingerprint density at radius 3 is 2.78 bits per heavy atom. The van der Waals surface area contributed by atoms with E-state index in [1.165, 1.54) is 6.08 Å². The summed E-state index contributed by atoms with van der Waals surface area (Å²) in [6.45, 7) is 8.30. The highest BCUT2D eigenvalue weighted by atomic mass is 16.6. The molecular weight excluding hydrogens is 234 g/mol. The lowest BCUT2D eigenvalue weighted by atomic mass is 9.81. The number of ether oxygens (including phenoxy) is 1. The number of piperidine rings is 1. The second-order valence-corrected chi connectivity index (χ2v) is 5.45. The molecule has 1 rings (SSSR count). The lowest BCUT2D eigenvalue weighted by Gasteiger charge is -2.42. The largest absolute Gasteiger partial charge is 0.481 e. The van der Waals surface area contributed by atoms with Gasteiger partial charge in [0.2, 0.25) is 0 Å². The molecule has 0 aromatic rings. The third-order valence-electron chi connectivity index (χ3n) is 3.16. The molecule has 1 unspecified atom stereocenters. The molecule has 1 atom stereocenters. The normalized spacial score (nSPS) is 22.3. The summed E-state index contributed by atoms with van der Waals surface area (Å²) in [5, 5.41) is 8.88. The van der Waals surface area contributed by atoms with Crippen LogP contribution in [0.3, 0.4) is 0 Å². The first-order valence-electron chi connectivity index (χ1n) is 6.12. The van der Waals surface area contributed by atoms with Crippen LogP contribution in [0.15, 0.2) is 12.7 Å². The summed E-state index contributed by atoms with van der Waals surface area (Å²) in [5.41, 5.74) is 0.00218. The molecule has 18 heavy (non-hydrogen) atoms. The van der Waals surface area contributed by atoms with Gasteiger partial charge in [-0.15, -0.1) is 0 Å². The topological polar surface area (TPSA) is 66.8 Å². The van der Waals surface area contributed by atoms with Gasteiger partial charge in [0.25, 0.3) is 0 Å². The fourth-order valence-corrected chi connectivity index (χ4v) is 2.22. The second-order valence-electron chi connectivity index (χ2n) is 5.45. The van der Waals surface area contributed by atoms with Crippen molar-refractivity contribution in [3.8, 4) is 0 Å². The average molecular weight is 255 g/mol. The Bertz CT molecular complexity index is 338. The highest BCUT2D eigenvalue weighted by Crippen LogP contribution is 2.33. The van der Waals surface area contributed by atoms with Crippen LogP contribution < -0.4 is 0 Å². The first-order chi connectivity index (χ1) is 8.35. The van der Waals surface area contributed by atoms with Crippen LogP contribution in [0.4, 0.5) is 4.79 Å². The zero-order valence-corrected chi connectivity index (χ0v) is 11.0. The number of amides is 1. The first kappa shape index (κ1) is 14.5. The molecule has 0 aliphatic carbocycles. The van der Waals surface area contributed by atoms with Crippen molar-refractivity contribution in [2.24, 2.45) is 5.41 Å². The number of likely N-dealkylation sites (tertiary alicyclic amines) is 1. The number of carboxylic acids is 1. The molecule has 1 heterocycles. The van der Waals surface area contributed by atoms with E-state index in [9.17, 15) is 9.59 Å². The van der Waals surface area contributed by atoms with E-state index in [4.69, 9.17) is 9.84 Å². The third kappa shape index (κ3) is 4.05. The fraction of sp³-hybridized carbons (Fsp3) is 0.692. The van der Waals surface area contributed by atoms with Crippen LogP contribution in [-0.2, 0) is 9.53 Å². The van der Waals surface area contributed by atoms with Crippen LogP contribution in [0.5, 0.6) is 0 Å². The van der Waals surface area contributed by atoms with Gasteiger partial charge in [-0.2, -0.15) is 0 Å². The summed E-state index contributed by atoms with van der Waals surface area (Å²) in [4.78, 5) is 24.3. The molecule has 1 amide bonds. The number of hydrogen-bond acceptors (Lipinski definition) is 3. The Morgan fingerprint density at radius 1 is 1.56 bits per heavy atom. The van der Waals surface area contributed by atoms with Gasteiger partial charge in [0.1, 0.15) is 6.61 Å². The van der Waals surface area contributed by atoms with Gasteiger partial charge in [-0.1, -0.05) is 26.5 Å². The van der Waals surface area contributed by atoms with Crippen LogP contribution in [-0.4, -0.2) is 41.3 Å². The van der Waals surface area contributed by atoms with E-state index in [2.05, 4.69) is 20.4 Å². The van der Waals surface area contributed by atoms with Crippen molar-refractivity contribution in [1.82, 2.24) is 4.90 Å². The van der Waals surface area contributed by atoms with Gasteiger partial charge in [0.15, 0.2) is 0 Å². The van der Waals surface area contributed by atoms with E-state index in [0.717, 1.165) is 6.42 Å². The first-order valence-corrected chi connectivity index (χ1v) is 6.12. The smallest absolute Gasteiger partial charge is 0.410 e. The molecule has 0 bridgehead atoms. The average Bonchev–Trinajstić information content (AvgIpc) is 2.27. The maximum atomic E-state index is 11.9. The maximum Gasteiger partial charge on any atom is 0.410 e. The highest BCUT2D eigenvalue weighted by Gasteiger charge is 2.37. The predicted octanol–water partition coefficient (Wildman–Crippen LogP) is 2.27. The van der Waals surface area contributed by atoms with Crippen LogP contribution in [0.25, 0.3) is 0 Å². The molecule has 1 saturated heterocycles. The van der Waals surface area contributed by atoms with Crippen molar-refractivity contribution in [2.75, 3.05) is 13.2 Å². The Kier molecular flexibility index (Phi) is 4.76. The summed E-state index contributed by atoms with van der Waals surface area (Å²) in [7, 11) is 0. The lowest BCUT2D eigenvalue weighted by molar-refractivity contribution is -0.138. The summed E-state index contributed by atoms with van der Waals surface area (Å²) in [6.07, 6.45) is 2.63. The minimum Gasteiger partial charge on any atom is -0.481 e. The number of nitrogens with zero attached hydrogens (tertiary/aromatic N) is 1. The lowest BCUT2D eigenvalue weighted by Crippen LogP contribution is -2.50. The molecule has 102 valence electrons. The van der Waals surface area contributed by atoms with Gasteiger partial charge < -0.3 is 14.7 Å². The van der Waals surface area contributed by atoms with E-state index in [-0.39, 0.29) is 24.5 Å². The number of hydrogen-bond donors (Lipinski definition) is 1. The highest BCUT2D eigenvalue weighted by molar-refractivity contribution is 5.71. The molecular formula is C13H21NO4. The van der Waals surface area contributed by atoms with Crippen molar-refractivity contribution in [3.05, 3.63) is 12.7 Å². The SMILES string of the molecule is C=CCOC(=O)N1CC(C)(C)CCC1CC(=O)O. The van der Waals surface area contributed by atoms with E-state index in [1.54, 1.807) is 4.90 Å². The number of rotatable bonds is 4. The summed E-state index contributed by atoms with van der Waals surface area (Å²) < 4.78 is 5.01. The number of carbonyl (C=O) groups is 2. The Balaban J connectivity index is 2.73. The number of aliphatic carboxylic acids is 1. The molecule has 1 aliphatic heterocycles. The van der Waals surface area contributed by atoms with Crippen molar-refractivity contribution < 1.29 is 19.4 Å². The third-order valence-corrected chi connectivity index (χ3v) is 3.16. The van der Waals surface area contributed by atoms with Gasteiger partial charge in [0.05, 0.1) is 6.42 Å². The summed E-state index contributed by atoms with van der Waals surface area (Å²) in [5.74, 6) is -0.888. The molecule has 0 spiro atoms. The molecule has 0 radical (unpaired) electrons. The monoisotopic (exact) mass is 255 g/mol. The van der Waals surface area contributed by atoms with Crippen molar-refractivity contribution in [2.45, 2.75) is 39.2 Å². The molecule has 0 aromatic heterocycles. The zero-order chi connectivity index (χ0) is 13.8. The standard InChI is InChI=1S/C13H21NO4/c1-4-7-18-12(17)14-9-13(2,3)6-5-10(14)8-11(15)16/h4,10H,1,5-9H2,2-3H3,(H,15,16). The maximum absolute atomic E-state index is 11.9. The Hall–Kier alpha value is -1.52. The van der Waals surface area contributed by atoms with E-state index >= 15 is 0 Å². The van der Waals surface area contributed by atoms with Crippen LogP contribution in [0.1, 0.15) is 33.1 Å². The molecule has 5 heteroatoms. The molecule has 5 nitrogen and oxygen atoms in total. The van der Waals surface area contributed by atoms with Gasteiger partial charge in [-0.3, -0.25) is 4.79 Å². The van der Waals surface area contributed by atoms with E-state index < -0.39 is 12.1 Å². The van der Waals surface area contributed by atoms with Crippen LogP contribution in [0, 0.1) is 5.41 Å². The molecule has 0 saturated carbocycles. The Labute approximate surface area is 107 Å². The van der Waals surface area contributed by atoms with Gasteiger partial charge >= 0.3 is 12.1 Å². The quantitative estimate of drug-likeness (QED) is 0.782. The fourth-order valence-electron chi connectivity index (χ4n) is 2.22. The number of carboxylic acid groups (broad SMARTS) is 1. The van der Waals surface area contributed by atoms with Gasteiger partial charge in [-0.25, -0.2) is 4.79 Å². The summed E-state index contributed by atoms with van der Waals surface area (Å²) >= 11 is 0. The molecule has 1 fully saturated rings. The van der Waals surface area contributed by atoms with Gasteiger partial charge in [-0.05, 0) is 18.3 Å². The van der Waals surface area contributed by atoms with E-state index in [0.29, 0.717) is 13.0 Å².